The highest BCUT2D eigenvalue weighted by Gasteiger charge is 2.11. The normalized spacial score (nSPS) is 12.1. The van der Waals surface area contributed by atoms with E-state index < -0.39 is 6.03 Å². The van der Waals surface area contributed by atoms with Crippen LogP contribution in [0.5, 0.6) is 0 Å². The molecule has 0 radical (unpaired) electrons. The molecule has 0 heterocycles. The summed E-state index contributed by atoms with van der Waals surface area (Å²) < 4.78 is 0. The summed E-state index contributed by atoms with van der Waals surface area (Å²) in [5.41, 5.74) is 0.983. The third kappa shape index (κ3) is 6.04. The molecule has 0 aromatic heterocycles. The fraction of sp³-hybridized carbons (Fsp3) is 0.429. The zero-order valence-electron chi connectivity index (χ0n) is 11.9. The van der Waals surface area contributed by atoms with E-state index in [1.54, 1.807) is 6.07 Å². The summed E-state index contributed by atoms with van der Waals surface area (Å²) in [6.45, 7) is 5.62. The number of benzene rings is 1. The minimum atomic E-state index is -0.484. The van der Waals surface area contributed by atoms with E-state index in [1.807, 2.05) is 39.0 Å². The van der Waals surface area contributed by atoms with Gasteiger partial charge in [-0.15, -0.1) is 0 Å². The molecule has 1 atom stereocenters. The second kappa shape index (κ2) is 7.87. The maximum Gasteiger partial charge on any atom is 0.321 e. The summed E-state index contributed by atoms with van der Waals surface area (Å²) in [5, 5.41) is 8.52. The fourth-order valence-corrected chi connectivity index (χ4v) is 1.81. The molecule has 0 unspecified atom stereocenters. The van der Waals surface area contributed by atoms with Crippen LogP contribution in [0.2, 0.25) is 5.02 Å². The summed E-state index contributed by atoms with van der Waals surface area (Å²) in [7, 11) is 0. The number of imide groups is 1. The van der Waals surface area contributed by atoms with Gasteiger partial charge in [-0.05, 0) is 38.5 Å². The van der Waals surface area contributed by atoms with Gasteiger partial charge >= 0.3 is 6.03 Å². The molecule has 3 amide bonds. The molecule has 1 aromatic rings. The number of amides is 3. The van der Waals surface area contributed by atoms with Crippen LogP contribution < -0.4 is 16.0 Å². The van der Waals surface area contributed by atoms with Crippen LogP contribution in [0.25, 0.3) is 0 Å². The molecule has 5 nitrogen and oxygen atoms in total. The molecular formula is C14H20ClN3O2. The zero-order chi connectivity index (χ0) is 15.1. The Hall–Kier alpha value is -1.59. The largest absolute Gasteiger partial charge is 0.336 e. The fourth-order valence-electron chi connectivity index (χ4n) is 1.61. The third-order valence-electron chi connectivity index (χ3n) is 2.59. The lowest BCUT2D eigenvalue weighted by Gasteiger charge is -2.14. The summed E-state index contributed by atoms with van der Waals surface area (Å²) in [5.74, 6) is -0.378. The van der Waals surface area contributed by atoms with Gasteiger partial charge in [-0.1, -0.05) is 23.7 Å². The number of urea groups is 1. The molecule has 0 aliphatic rings. The average Bonchev–Trinajstić information content (AvgIpc) is 2.34. The summed E-state index contributed by atoms with van der Waals surface area (Å²) in [6, 6.07) is 6.87. The van der Waals surface area contributed by atoms with E-state index in [9.17, 15) is 9.59 Å². The maximum absolute atomic E-state index is 11.6. The first-order chi connectivity index (χ1) is 9.38. The van der Waals surface area contributed by atoms with Crippen LogP contribution in [-0.4, -0.2) is 24.5 Å². The zero-order valence-corrected chi connectivity index (χ0v) is 12.6. The van der Waals surface area contributed by atoms with Crippen LogP contribution >= 0.6 is 11.6 Å². The van der Waals surface area contributed by atoms with E-state index in [2.05, 4.69) is 16.0 Å². The topological polar surface area (TPSA) is 70.2 Å². The average molecular weight is 298 g/mol. The summed E-state index contributed by atoms with van der Waals surface area (Å²) in [6.07, 6.45) is 0. The maximum atomic E-state index is 11.6. The van der Waals surface area contributed by atoms with Crippen molar-refractivity contribution in [2.75, 3.05) is 6.54 Å². The molecule has 0 aliphatic heterocycles. The Morgan fingerprint density at radius 1 is 1.25 bits per heavy atom. The van der Waals surface area contributed by atoms with Crippen LogP contribution in [0, 0.1) is 0 Å². The number of rotatable bonds is 5. The van der Waals surface area contributed by atoms with E-state index in [4.69, 9.17) is 11.6 Å². The van der Waals surface area contributed by atoms with E-state index in [0.29, 0.717) is 5.02 Å². The van der Waals surface area contributed by atoms with Crippen molar-refractivity contribution in [2.24, 2.45) is 0 Å². The second-order valence-electron chi connectivity index (χ2n) is 4.83. The van der Waals surface area contributed by atoms with Gasteiger partial charge in [-0.3, -0.25) is 10.1 Å². The van der Waals surface area contributed by atoms with Gasteiger partial charge in [0.2, 0.25) is 5.91 Å². The summed E-state index contributed by atoms with van der Waals surface area (Å²) in [4.78, 5) is 22.9. The molecule has 110 valence electrons. The van der Waals surface area contributed by atoms with Crippen LogP contribution in [0.1, 0.15) is 32.4 Å². The number of hydrogen-bond donors (Lipinski definition) is 3. The number of nitrogens with one attached hydrogen (secondary N) is 3. The van der Waals surface area contributed by atoms with Gasteiger partial charge in [0.15, 0.2) is 0 Å². The number of carbonyl (C=O) groups is 2. The van der Waals surface area contributed by atoms with Gasteiger partial charge in [0, 0.05) is 17.1 Å². The molecule has 0 saturated heterocycles. The number of carbonyl (C=O) groups excluding carboxylic acids is 2. The second-order valence-corrected chi connectivity index (χ2v) is 5.27. The Morgan fingerprint density at radius 3 is 2.55 bits per heavy atom. The smallest absolute Gasteiger partial charge is 0.321 e. The molecule has 1 aromatic carbocycles. The Labute approximate surface area is 124 Å². The lowest BCUT2D eigenvalue weighted by molar-refractivity contribution is -0.119. The Bertz CT molecular complexity index is 477. The quantitative estimate of drug-likeness (QED) is 0.780. The minimum absolute atomic E-state index is 0.0128. The highest BCUT2D eigenvalue weighted by atomic mass is 35.5. The van der Waals surface area contributed by atoms with Crippen molar-refractivity contribution < 1.29 is 9.59 Å². The van der Waals surface area contributed by atoms with Gasteiger partial charge < -0.3 is 10.6 Å². The molecule has 3 N–H and O–H groups in total. The lowest BCUT2D eigenvalue weighted by Crippen LogP contribution is -2.45. The monoisotopic (exact) mass is 297 g/mol. The van der Waals surface area contributed by atoms with Gasteiger partial charge in [0.1, 0.15) is 0 Å². The molecule has 0 bridgehead atoms. The SMILES string of the molecule is CC(C)NC(=O)NC(=O)CN[C@@H](C)c1cccc(Cl)c1. The standard InChI is InChI=1S/C14H20ClN3O2/c1-9(2)17-14(20)18-13(19)8-16-10(3)11-5-4-6-12(15)7-11/h4-7,9-10,16H,8H2,1-3H3,(H2,17,18,19,20)/t10-/m0/s1. The van der Waals surface area contributed by atoms with Gasteiger partial charge in [0.05, 0.1) is 6.54 Å². The van der Waals surface area contributed by atoms with Gasteiger partial charge in [0.25, 0.3) is 0 Å². The van der Waals surface area contributed by atoms with E-state index in [0.717, 1.165) is 5.56 Å². The Balaban J connectivity index is 2.39. The van der Waals surface area contributed by atoms with Crippen molar-refractivity contribution in [3.63, 3.8) is 0 Å². The van der Waals surface area contributed by atoms with Crippen molar-refractivity contribution in [2.45, 2.75) is 32.9 Å². The molecule has 0 spiro atoms. The van der Waals surface area contributed by atoms with Crippen LogP contribution in [0.4, 0.5) is 4.79 Å². The van der Waals surface area contributed by atoms with Crippen molar-refractivity contribution >= 4 is 23.5 Å². The van der Waals surface area contributed by atoms with Crippen molar-refractivity contribution in [3.8, 4) is 0 Å². The van der Waals surface area contributed by atoms with Crippen LogP contribution in [-0.2, 0) is 4.79 Å². The van der Waals surface area contributed by atoms with E-state index in [1.165, 1.54) is 0 Å². The first-order valence-electron chi connectivity index (χ1n) is 6.47. The van der Waals surface area contributed by atoms with E-state index in [-0.39, 0.29) is 24.5 Å². The third-order valence-corrected chi connectivity index (χ3v) is 2.83. The Morgan fingerprint density at radius 2 is 1.95 bits per heavy atom. The predicted molar refractivity (Wildman–Crippen MR) is 79.7 cm³/mol. The van der Waals surface area contributed by atoms with E-state index >= 15 is 0 Å². The molecule has 0 fully saturated rings. The minimum Gasteiger partial charge on any atom is -0.336 e. The highest BCUT2D eigenvalue weighted by molar-refractivity contribution is 6.30. The number of halogens is 1. The molecule has 1 rings (SSSR count). The van der Waals surface area contributed by atoms with Crippen molar-refractivity contribution in [3.05, 3.63) is 34.9 Å². The molecule has 20 heavy (non-hydrogen) atoms. The van der Waals surface area contributed by atoms with Gasteiger partial charge in [-0.2, -0.15) is 0 Å². The molecular weight excluding hydrogens is 278 g/mol. The Kier molecular flexibility index (Phi) is 6.48. The first-order valence-corrected chi connectivity index (χ1v) is 6.85. The van der Waals surface area contributed by atoms with Crippen LogP contribution in [0.15, 0.2) is 24.3 Å². The highest BCUT2D eigenvalue weighted by Crippen LogP contribution is 2.16. The number of hydrogen-bond acceptors (Lipinski definition) is 3. The molecule has 0 aliphatic carbocycles. The van der Waals surface area contributed by atoms with Crippen molar-refractivity contribution in [1.82, 2.24) is 16.0 Å². The first kappa shape index (κ1) is 16.5. The molecule has 0 saturated carbocycles. The van der Waals surface area contributed by atoms with Gasteiger partial charge in [-0.25, -0.2) is 4.79 Å². The summed E-state index contributed by atoms with van der Waals surface area (Å²) >= 11 is 5.91. The lowest BCUT2D eigenvalue weighted by atomic mass is 10.1. The molecule has 6 heteroatoms. The van der Waals surface area contributed by atoms with Crippen molar-refractivity contribution in [1.29, 1.82) is 0 Å². The predicted octanol–water partition coefficient (Wildman–Crippen LogP) is 2.22. The van der Waals surface area contributed by atoms with Crippen LogP contribution in [0.3, 0.4) is 0 Å².